The van der Waals surface area contributed by atoms with Crippen LogP contribution in [-0.2, 0) is 16.1 Å². The molecule has 6 heteroatoms. The minimum Gasteiger partial charge on any atom is -0.487 e. The van der Waals surface area contributed by atoms with E-state index in [0.29, 0.717) is 18.3 Å². The second-order valence-corrected chi connectivity index (χ2v) is 10.1. The summed E-state index contributed by atoms with van der Waals surface area (Å²) in [5, 5.41) is 0. The number of rotatable bonds is 6. The lowest BCUT2D eigenvalue weighted by Gasteiger charge is -2.11. The first-order chi connectivity index (χ1) is 17.5. The predicted octanol–water partition coefficient (Wildman–Crippen LogP) is 8.11. The van der Waals surface area contributed by atoms with Crippen LogP contribution >= 0.6 is 31.9 Å². The number of hydrogen-bond donors (Lipinski definition) is 0. The number of halogens is 2. The fraction of sp³-hybridized carbons (Fsp3) is 0.0667. The lowest BCUT2D eigenvalue weighted by atomic mass is 10.0. The maximum atomic E-state index is 12.5. The molecule has 0 amide bonds. The van der Waals surface area contributed by atoms with E-state index in [2.05, 4.69) is 68.0 Å². The lowest BCUT2D eigenvalue weighted by Crippen LogP contribution is -2.05. The molecular weight excluding hydrogens is 582 g/mol. The Kier molecular flexibility index (Phi) is 7.16. The van der Waals surface area contributed by atoms with Crippen molar-refractivity contribution in [2.24, 2.45) is 4.99 Å². The van der Waals surface area contributed by atoms with E-state index in [0.717, 1.165) is 36.8 Å². The minimum atomic E-state index is -0.482. The number of aryl methyl sites for hydroxylation is 1. The van der Waals surface area contributed by atoms with Gasteiger partial charge in [-0.3, -0.25) is 0 Å². The van der Waals surface area contributed by atoms with Gasteiger partial charge in [-0.15, -0.1) is 0 Å². The second-order valence-electron chi connectivity index (χ2n) is 8.37. The summed E-state index contributed by atoms with van der Waals surface area (Å²) >= 11 is 7.17. The van der Waals surface area contributed by atoms with Crippen molar-refractivity contribution < 1.29 is 14.3 Å². The fourth-order valence-corrected chi connectivity index (χ4v) is 5.22. The third-order valence-electron chi connectivity index (χ3n) is 5.69. The van der Waals surface area contributed by atoms with Crippen LogP contribution in [0.25, 0.3) is 17.2 Å². The summed E-state index contributed by atoms with van der Waals surface area (Å²) in [7, 11) is 0. The Labute approximate surface area is 226 Å². The van der Waals surface area contributed by atoms with Gasteiger partial charge in [0.2, 0.25) is 5.90 Å². The molecule has 0 spiro atoms. The first kappa shape index (κ1) is 24.2. The lowest BCUT2D eigenvalue weighted by molar-refractivity contribution is -0.129. The number of hydrogen-bond acceptors (Lipinski definition) is 4. The molecule has 0 saturated carbocycles. The standard InChI is InChI=1S/C30H21Br2NO3/c1-19-7-9-20(10-8-19)18-35-28-25(31)15-21(16-26(28)32)17-27-30(34)36-29(33-27)24-13-11-23(12-14-24)22-5-3-2-4-6-22/h2-17H,18H2,1H3/b27-17-. The largest absolute Gasteiger partial charge is 0.487 e. The topological polar surface area (TPSA) is 47.9 Å². The molecule has 1 aliphatic heterocycles. The van der Waals surface area contributed by atoms with Crippen LogP contribution in [0.2, 0.25) is 0 Å². The van der Waals surface area contributed by atoms with E-state index in [4.69, 9.17) is 9.47 Å². The Bertz CT molecular complexity index is 1450. The van der Waals surface area contributed by atoms with Crippen molar-refractivity contribution in [2.45, 2.75) is 13.5 Å². The average Bonchev–Trinajstić information content (AvgIpc) is 3.25. The smallest absolute Gasteiger partial charge is 0.363 e. The van der Waals surface area contributed by atoms with Crippen molar-refractivity contribution >= 4 is 49.8 Å². The Morgan fingerprint density at radius 2 is 1.44 bits per heavy atom. The molecule has 4 aromatic rings. The summed E-state index contributed by atoms with van der Waals surface area (Å²) in [5.74, 6) is 0.501. The summed E-state index contributed by atoms with van der Waals surface area (Å²) in [6, 6.07) is 29.9. The van der Waals surface area contributed by atoms with Crippen molar-refractivity contribution in [1.29, 1.82) is 0 Å². The zero-order chi connectivity index (χ0) is 25.1. The van der Waals surface area contributed by atoms with Crippen LogP contribution in [0, 0.1) is 6.92 Å². The van der Waals surface area contributed by atoms with Crippen molar-refractivity contribution in [3.8, 4) is 16.9 Å². The van der Waals surface area contributed by atoms with Crippen LogP contribution in [0.4, 0.5) is 0 Å². The second kappa shape index (κ2) is 10.6. The first-order valence-electron chi connectivity index (χ1n) is 11.3. The zero-order valence-corrected chi connectivity index (χ0v) is 22.5. The maximum Gasteiger partial charge on any atom is 0.363 e. The Morgan fingerprint density at radius 3 is 2.11 bits per heavy atom. The van der Waals surface area contributed by atoms with Crippen LogP contribution in [0.1, 0.15) is 22.3 Å². The number of aliphatic imine (C=N–C) groups is 1. The molecule has 0 aromatic heterocycles. The Morgan fingerprint density at radius 1 is 0.833 bits per heavy atom. The molecule has 0 bridgehead atoms. The van der Waals surface area contributed by atoms with Crippen LogP contribution < -0.4 is 4.74 Å². The highest BCUT2D eigenvalue weighted by Gasteiger charge is 2.24. The third kappa shape index (κ3) is 5.50. The highest BCUT2D eigenvalue weighted by molar-refractivity contribution is 9.11. The van der Waals surface area contributed by atoms with Gasteiger partial charge in [0.25, 0.3) is 0 Å². The SMILES string of the molecule is Cc1ccc(COc2c(Br)cc(/C=C3\N=C(c4ccc(-c5ccccc5)cc4)OC3=O)cc2Br)cc1. The molecule has 1 heterocycles. The summed E-state index contributed by atoms with van der Waals surface area (Å²) < 4.78 is 13.0. The maximum absolute atomic E-state index is 12.5. The molecule has 4 aromatic carbocycles. The Hall–Kier alpha value is -3.48. The molecule has 0 N–H and O–H groups in total. The van der Waals surface area contributed by atoms with Gasteiger partial charge in [0.1, 0.15) is 12.4 Å². The van der Waals surface area contributed by atoms with Crippen molar-refractivity contribution in [3.63, 3.8) is 0 Å². The number of ether oxygens (including phenoxy) is 2. The van der Waals surface area contributed by atoms with E-state index in [1.165, 1.54) is 5.56 Å². The van der Waals surface area contributed by atoms with Gasteiger partial charge in [0, 0.05) is 5.56 Å². The number of esters is 1. The van der Waals surface area contributed by atoms with Gasteiger partial charge in [-0.25, -0.2) is 9.79 Å². The molecule has 0 saturated heterocycles. The highest BCUT2D eigenvalue weighted by Crippen LogP contribution is 2.36. The average molecular weight is 603 g/mol. The molecule has 0 aliphatic carbocycles. The summed E-state index contributed by atoms with van der Waals surface area (Å²) in [6.07, 6.45) is 1.70. The number of nitrogens with zero attached hydrogens (tertiary/aromatic N) is 1. The van der Waals surface area contributed by atoms with Crippen molar-refractivity contribution in [1.82, 2.24) is 0 Å². The fourth-order valence-electron chi connectivity index (χ4n) is 3.77. The van der Waals surface area contributed by atoms with Crippen LogP contribution in [0.15, 0.2) is 111 Å². The van der Waals surface area contributed by atoms with E-state index >= 15 is 0 Å². The third-order valence-corrected chi connectivity index (χ3v) is 6.87. The van der Waals surface area contributed by atoms with E-state index in [9.17, 15) is 4.79 Å². The highest BCUT2D eigenvalue weighted by atomic mass is 79.9. The molecule has 178 valence electrons. The van der Waals surface area contributed by atoms with E-state index in [-0.39, 0.29) is 5.70 Å². The number of carbonyl (C=O) groups excluding carboxylic acids is 1. The van der Waals surface area contributed by atoms with Gasteiger partial charge >= 0.3 is 5.97 Å². The summed E-state index contributed by atoms with van der Waals surface area (Å²) in [5.41, 5.74) is 6.26. The zero-order valence-electron chi connectivity index (χ0n) is 19.4. The van der Waals surface area contributed by atoms with Crippen LogP contribution in [0.3, 0.4) is 0 Å². The van der Waals surface area contributed by atoms with Gasteiger partial charge in [0.15, 0.2) is 5.70 Å². The van der Waals surface area contributed by atoms with Crippen molar-refractivity contribution in [3.05, 3.63) is 128 Å². The molecule has 36 heavy (non-hydrogen) atoms. The van der Waals surface area contributed by atoms with Gasteiger partial charge in [-0.2, -0.15) is 0 Å². The molecular formula is C30H21Br2NO3. The molecule has 0 radical (unpaired) electrons. The number of benzene rings is 4. The molecule has 5 rings (SSSR count). The minimum absolute atomic E-state index is 0.240. The molecule has 0 atom stereocenters. The molecule has 4 nitrogen and oxygen atoms in total. The van der Waals surface area contributed by atoms with E-state index < -0.39 is 5.97 Å². The van der Waals surface area contributed by atoms with Gasteiger partial charge < -0.3 is 9.47 Å². The molecule has 0 unspecified atom stereocenters. The van der Waals surface area contributed by atoms with Gasteiger partial charge in [-0.1, -0.05) is 72.3 Å². The normalized spacial score (nSPS) is 14.0. The molecule has 1 aliphatic rings. The first-order valence-corrected chi connectivity index (χ1v) is 12.9. The Balaban J connectivity index is 1.33. The van der Waals surface area contributed by atoms with Gasteiger partial charge in [0.05, 0.1) is 8.95 Å². The predicted molar refractivity (Wildman–Crippen MR) is 150 cm³/mol. The van der Waals surface area contributed by atoms with Crippen LogP contribution in [-0.4, -0.2) is 11.9 Å². The van der Waals surface area contributed by atoms with E-state index in [1.807, 2.05) is 66.7 Å². The van der Waals surface area contributed by atoms with Crippen molar-refractivity contribution in [2.75, 3.05) is 0 Å². The monoisotopic (exact) mass is 601 g/mol. The number of carbonyl (C=O) groups is 1. The van der Waals surface area contributed by atoms with Crippen LogP contribution in [0.5, 0.6) is 5.75 Å². The van der Waals surface area contributed by atoms with Gasteiger partial charge in [-0.05, 0) is 91.4 Å². The van der Waals surface area contributed by atoms with E-state index in [1.54, 1.807) is 6.08 Å². The summed E-state index contributed by atoms with van der Waals surface area (Å²) in [4.78, 5) is 17.0. The quantitative estimate of drug-likeness (QED) is 0.165. The summed E-state index contributed by atoms with van der Waals surface area (Å²) in [6.45, 7) is 2.50. The molecule has 0 fully saturated rings. The number of cyclic esters (lactones) is 1.